The summed E-state index contributed by atoms with van der Waals surface area (Å²) in [6.07, 6.45) is 0.257. The van der Waals surface area contributed by atoms with Crippen LogP contribution in [0.1, 0.15) is 18.9 Å². The van der Waals surface area contributed by atoms with E-state index < -0.39 is 11.6 Å². The Morgan fingerprint density at radius 1 is 1.27 bits per heavy atom. The molecular weight excluding hydrogens is 292 g/mol. The van der Waals surface area contributed by atoms with Crippen molar-refractivity contribution in [3.05, 3.63) is 29.3 Å². The monoisotopic (exact) mass is 309 g/mol. The van der Waals surface area contributed by atoms with Gasteiger partial charge in [-0.25, -0.2) is 14.2 Å². The first kappa shape index (κ1) is 14.9. The maximum absolute atomic E-state index is 14.4. The number of carbonyl (C=O) groups excluding carboxylic acids is 1. The van der Waals surface area contributed by atoms with Crippen LogP contribution in [-0.4, -0.2) is 37.9 Å². The standard InChI is InChI=1S/C15H17F2N3O2/c1-9-6-13(21)18-19-14(9)10-7-11(16)15(12(17)8-10)20-2-4-22-5-3-20/h7-9H,2-6H2,1H3,(H,18,21)/t9-/m1/s1. The molecule has 0 aromatic heterocycles. The van der Waals surface area contributed by atoms with E-state index in [0.717, 1.165) is 0 Å². The third-order valence-electron chi connectivity index (χ3n) is 3.90. The number of benzene rings is 1. The van der Waals surface area contributed by atoms with Crippen molar-refractivity contribution in [2.24, 2.45) is 11.0 Å². The number of nitrogens with one attached hydrogen (secondary N) is 1. The zero-order chi connectivity index (χ0) is 15.7. The van der Waals surface area contributed by atoms with Gasteiger partial charge in [0.2, 0.25) is 5.91 Å². The molecule has 1 atom stereocenters. The average Bonchev–Trinajstić information content (AvgIpc) is 2.47. The van der Waals surface area contributed by atoms with Crippen LogP contribution in [0, 0.1) is 17.6 Å². The summed E-state index contributed by atoms with van der Waals surface area (Å²) in [5.74, 6) is -1.61. The molecule has 0 unspecified atom stereocenters. The summed E-state index contributed by atoms with van der Waals surface area (Å²) in [5, 5.41) is 3.94. The molecule has 2 aliphatic rings. The minimum atomic E-state index is -0.622. The Hall–Kier alpha value is -2.02. The molecule has 0 bridgehead atoms. The molecule has 118 valence electrons. The average molecular weight is 309 g/mol. The van der Waals surface area contributed by atoms with Gasteiger partial charge in [-0.2, -0.15) is 5.10 Å². The lowest BCUT2D eigenvalue weighted by Crippen LogP contribution is -2.37. The van der Waals surface area contributed by atoms with E-state index >= 15 is 0 Å². The summed E-state index contributed by atoms with van der Waals surface area (Å²) in [7, 11) is 0. The summed E-state index contributed by atoms with van der Waals surface area (Å²) in [6.45, 7) is 3.64. The van der Waals surface area contributed by atoms with Gasteiger partial charge >= 0.3 is 0 Å². The maximum atomic E-state index is 14.4. The fourth-order valence-corrected chi connectivity index (χ4v) is 2.80. The number of hydrazone groups is 1. The van der Waals surface area contributed by atoms with Crippen molar-refractivity contribution >= 4 is 17.3 Å². The fraction of sp³-hybridized carbons (Fsp3) is 0.467. The number of nitrogens with zero attached hydrogens (tertiary/aromatic N) is 2. The molecule has 2 heterocycles. The van der Waals surface area contributed by atoms with E-state index in [4.69, 9.17) is 4.74 Å². The molecule has 1 N–H and O–H groups in total. The van der Waals surface area contributed by atoms with Gasteiger partial charge in [-0.3, -0.25) is 4.79 Å². The molecule has 2 aliphatic heterocycles. The molecule has 22 heavy (non-hydrogen) atoms. The van der Waals surface area contributed by atoms with E-state index in [0.29, 0.717) is 37.6 Å². The summed E-state index contributed by atoms with van der Waals surface area (Å²) in [5.41, 5.74) is 3.18. The Bertz CT molecular complexity index is 604. The first-order valence-corrected chi connectivity index (χ1v) is 7.25. The lowest BCUT2D eigenvalue weighted by atomic mass is 9.93. The van der Waals surface area contributed by atoms with Crippen LogP contribution in [0.3, 0.4) is 0 Å². The second kappa shape index (κ2) is 6.00. The predicted octanol–water partition coefficient (Wildman–Crippen LogP) is 1.66. The number of amides is 1. The summed E-state index contributed by atoms with van der Waals surface area (Å²) >= 11 is 0. The van der Waals surface area contributed by atoms with Crippen molar-refractivity contribution in [3.8, 4) is 0 Å². The zero-order valence-electron chi connectivity index (χ0n) is 12.2. The molecule has 1 amide bonds. The normalized spacial score (nSPS) is 22.3. The molecule has 1 saturated heterocycles. The Balaban J connectivity index is 1.94. The van der Waals surface area contributed by atoms with Gasteiger partial charge in [0.15, 0.2) is 0 Å². The van der Waals surface area contributed by atoms with Crippen molar-refractivity contribution in [3.63, 3.8) is 0 Å². The fourth-order valence-electron chi connectivity index (χ4n) is 2.80. The van der Waals surface area contributed by atoms with Gasteiger partial charge in [0.05, 0.1) is 18.9 Å². The van der Waals surface area contributed by atoms with E-state index in [1.165, 1.54) is 12.1 Å². The van der Waals surface area contributed by atoms with Gasteiger partial charge in [-0.1, -0.05) is 6.92 Å². The van der Waals surface area contributed by atoms with Crippen LogP contribution < -0.4 is 10.3 Å². The Morgan fingerprint density at radius 2 is 1.91 bits per heavy atom. The summed E-state index contributed by atoms with van der Waals surface area (Å²) < 4.78 is 34.0. The van der Waals surface area contributed by atoms with Crippen LogP contribution in [0.25, 0.3) is 0 Å². The number of anilines is 1. The molecule has 7 heteroatoms. The molecule has 0 aliphatic carbocycles. The van der Waals surface area contributed by atoms with Gasteiger partial charge in [0.1, 0.15) is 17.3 Å². The van der Waals surface area contributed by atoms with Gasteiger partial charge in [-0.15, -0.1) is 0 Å². The van der Waals surface area contributed by atoms with Gasteiger partial charge in [-0.05, 0) is 12.1 Å². The Labute approximate surface area is 126 Å². The third-order valence-corrected chi connectivity index (χ3v) is 3.90. The highest BCUT2D eigenvalue weighted by molar-refractivity contribution is 6.05. The highest BCUT2D eigenvalue weighted by Crippen LogP contribution is 2.28. The molecule has 0 spiro atoms. The number of hydrogen-bond acceptors (Lipinski definition) is 4. The van der Waals surface area contributed by atoms with E-state index in [9.17, 15) is 13.6 Å². The lowest BCUT2D eigenvalue weighted by molar-refractivity contribution is -0.121. The smallest absolute Gasteiger partial charge is 0.240 e. The van der Waals surface area contributed by atoms with Crippen LogP contribution in [0.4, 0.5) is 14.5 Å². The predicted molar refractivity (Wildman–Crippen MR) is 77.9 cm³/mol. The van der Waals surface area contributed by atoms with Gasteiger partial charge in [0, 0.05) is 31.0 Å². The number of hydrogen-bond donors (Lipinski definition) is 1. The van der Waals surface area contributed by atoms with Gasteiger partial charge in [0.25, 0.3) is 0 Å². The Kier molecular flexibility index (Phi) is 4.06. The van der Waals surface area contributed by atoms with Crippen molar-refractivity contribution in [2.45, 2.75) is 13.3 Å². The topological polar surface area (TPSA) is 53.9 Å². The van der Waals surface area contributed by atoms with E-state index in [-0.39, 0.29) is 23.9 Å². The van der Waals surface area contributed by atoms with E-state index in [1.54, 1.807) is 4.90 Å². The maximum Gasteiger partial charge on any atom is 0.240 e. The number of carbonyl (C=O) groups is 1. The molecule has 1 aromatic rings. The molecule has 0 saturated carbocycles. The van der Waals surface area contributed by atoms with Crippen LogP contribution in [0.15, 0.2) is 17.2 Å². The molecule has 1 fully saturated rings. The molecule has 3 rings (SSSR count). The van der Waals surface area contributed by atoms with Crippen LogP contribution in [0.5, 0.6) is 0 Å². The van der Waals surface area contributed by atoms with E-state index in [1.807, 2.05) is 6.92 Å². The number of ether oxygens (including phenoxy) is 1. The minimum Gasteiger partial charge on any atom is -0.378 e. The first-order valence-electron chi connectivity index (χ1n) is 7.25. The highest BCUT2D eigenvalue weighted by Gasteiger charge is 2.25. The largest absolute Gasteiger partial charge is 0.378 e. The quantitative estimate of drug-likeness (QED) is 0.904. The van der Waals surface area contributed by atoms with Crippen molar-refractivity contribution in [1.29, 1.82) is 0 Å². The molecule has 5 nitrogen and oxygen atoms in total. The van der Waals surface area contributed by atoms with Crippen LogP contribution in [0.2, 0.25) is 0 Å². The highest BCUT2D eigenvalue weighted by atomic mass is 19.1. The molecule has 0 radical (unpaired) electrons. The number of halogens is 2. The lowest BCUT2D eigenvalue weighted by Gasteiger charge is -2.29. The van der Waals surface area contributed by atoms with Crippen LogP contribution in [-0.2, 0) is 9.53 Å². The number of rotatable bonds is 2. The molecule has 1 aromatic carbocycles. The summed E-state index contributed by atoms with van der Waals surface area (Å²) in [6, 6.07) is 2.56. The van der Waals surface area contributed by atoms with Crippen molar-refractivity contribution in [1.82, 2.24) is 5.43 Å². The second-order valence-corrected chi connectivity index (χ2v) is 5.53. The first-order chi connectivity index (χ1) is 10.6. The second-order valence-electron chi connectivity index (χ2n) is 5.53. The van der Waals surface area contributed by atoms with Gasteiger partial charge < -0.3 is 9.64 Å². The SMILES string of the molecule is C[C@@H]1CC(=O)NN=C1c1cc(F)c(N2CCOCC2)c(F)c1. The van der Waals surface area contributed by atoms with Crippen LogP contribution >= 0.6 is 0 Å². The van der Waals surface area contributed by atoms with Crippen molar-refractivity contribution in [2.75, 3.05) is 31.2 Å². The van der Waals surface area contributed by atoms with Crippen molar-refractivity contribution < 1.29 is 18.3 Å². The Morgan fingerprint density at radius 3 is 2.50 bits per heavy atom. The zero-order valence-corrected chi connectivity index (χ0v) is 12.2. The third kappa shape index (κ3) is 2.81. The number of morpholine rings is 1. The summed E-state index contributed by atoms with van der Waals surface area (Å²) in [4.78, 5) is 12.9. The molecular formula is C15H17F2N3O2. The minimum absolute atomic E-state index is 0.0276. The van der Waals surface area contributed by atoms with E-state index in [2.05, 4.69) is 10.5 Å².